The number of aryl methyl sites for hydroxylation is 1. The highest BCUT2D eigenvalue weighted by Crippen LogP contribution is 2.49. The first-order valence-electron chi connectivity index (χ1n) is 4.89. The zero-order chi connectivity index (χ0) is 11.2. The number of rotatable bonds is 1. The van der Waals surface area contributed by atoms with Crippen molar-refractivity contribution in [3.8, 4) is 6.07 Å². The number of benzene rings is 1. The zero-order valence-corrected chi connectivity index (χ0v) is 9.45. The molecule has 3 heteroatoms. The molecule has 0 spiro atoms. The van der Waals surface area contributed by atoms with Crippen LogP contribution < -0.4 is 0 Å². The first kappa shape index (κ1) is 10.4. The fraction of sp³-hybridized carbons (Fsp3) is 0.417. The molecular formula is C12H11ClFN. The second kappa shape index (κ2) is 3.21. The van der Waals surface area contributed by atoms with E-state index in [-0.39, 0.29) is 10.8 Å². The summed E-state index contributed by atoms with van der Waals surface area (Å²) in [6.45, 7) is 3.45. The van der Waals surface area contributed by atoms with Crippen LogP contribution in [-0.2, 0) is 5.41 Å². The lowest BCUT2D eigenvalue weighted by atomic mass is 9.91. The fourth-order valence-corrected chi connectivity index (χ4v) is 2.10. The van der Waals surface area contributed by atoms with Crippen molar-refractivity contribution in [2.75, 3.05) is 0 Å². The van der Waals surface area contributed by atoms with Crippen LogP contribution in [0.4, 0.5) is 4.39 Å². The van der Waals surface area contributed by atoms with Gasteiger partial charge in [0.15, 0.2) is 0 Å². The van der Waals surface area contributed by atoms with Crippen LogP contribution in [0.5, 0.6) is 0 Å². The summed E-state index contributed by atoms with van der Waals surface area (Å²) in [5.41, 5.74) is 1.59. The summed E-state index contributed by atoms with van der Waals surface area (Å²) in [4.78, 5) is 0. The molecule has 78 valence electrons. The van der Waals surface area contributed by atoms with Gasteiger partial charge in [0, 0.05) is 0 Å². The Morgan fingerprint density at radius 2 is 2.07 bits per heavy atom. The molecule has 0 radical (unpaired) electrons. The smallest absolute Gasteiger partial charge is 0.145 e. The van der Waals surface area contributed by atoms with Gasteiger partial charge in [0.05, 0.1) is 16.5 Å². The molecule has 2 rings (SSSR count). The summed E-state index contributed by atoms with van der Waals surface area (Å²) in [5.74, 6) is -0.381. The minimum atomic E-state index is -0.444. The van der Waals surface area contributed by atoms with Gasteiger partial charge in [-0.15, -0.1) is 0 Å². The van der Waals surface area contributed by atoms with E-state index in [9.17, 15) is 4.39 Å². The molecule has 0 atom stereocenters. The lowest BCUT2D eigenvalue weighted by Gasteiger charge is -2.13. The Hall–Kier alpha value is -1.07. The molecule has 1 nitrogen and oxygen atoms in total. The number of halogens is 2. The summed E-state index contributed by atoms with van der Waals surface area (Å²) in [6.07, 6.45) is 1.65. The average molecular weight is 224 g/mol. The summed E-state index contributed by atoms with van der Waals surface area (Å²) in [7, 11) is 0. The predicted octanol–water partition coefficient (Wildman–Crippen LogP) is 3.65. The third kappa shape index (κ3) is 1.42. The Balaban J connectivity index is 2.65. The highest BCUT2D eigenvalue weighted by molar-refractivity contribution is 6.31. The third-order valence-corrected chi connectivity index (χ3v) is 3.58. The van der Waals surface area contributed by atoms with Gasteiger partial charge in [0.25, 0.3) is 0 Å². The average Bonchev–Trinajstić information content (AvgIpc) is 3.01. The van der Waals surface area contributed by atoms with Crippen LogP contribution in [0.15, 0.2) is 6.07 Å². The van der Waals surface area contributed by atoms with E-state index in [0.717, 1.165) is 18.4 Å². The van der Waals surface area contributed by atoms with E-state index in [2.05, 4.69) is 6.07 Å². The lowest BCUT2D eigenvalue weighted by Crippen LogP contribution is -2.08. The molecule has 0 amide bonds. The summed E-state index contributed by atoms with van der Waals surface area (Å²) < 4.78 is 13.7. The Morgan fingerprint density at radius 1 is 1.47 bits per heavy atom. The second-order valence-electron chi connectivity index (χ2n) is 4.19. The van der Waals surface area contributed by atoms with E-state index in [1.807, 2.05) is 6.07 Å². The maximum atomic E-state index is 13.7. The summed E-state index contributed by atoms with van der Waals surface area (Å²) in [6, 6.07) is 4.12. The van der Waals surface area contributed by atoms with Crippen molar-refractivity contribution in [3.63, 3.8) is 0 Å². The van der Waals surface area contributed by atoms with Crippen LogP contribution in [-0.4, -0.2) is 0 Å². The van der Waals surface area contributed by atoms with Crippen molar-refractivity contribution < 1.29 is 4.39 Å². The van der Waals surface area contributed by atoms with Crippen molar-refractivity contribution in [1.29, 1.82) is 5.26 Å². The van der Waals surface area contributed by atoms with Crippen molar-refractivity contribution in [1.82, 2.24) is 0 Å². The van der Waals surface area contributed by atoms with E-state index in [1.165, 1.54) is 0 Å². The first-order valence-corrected chi connectivity index (χ1v) is 5.26. The SMILES string of the molecule is Cc1cc(C2(C#N)CC2)c(C)c(F)c1Cl. The van der Waals surface area contributed by atoms with Crippen LogP contribution >= 0.6 is 11.6 Å². The van der Waals surface area contributed by atoms with E-state index < -0.39 is 5.41 Å². The number of hydrogen-bond acceptors (Lipinski definition) is 1. The maximum absolute atomic E-state index is 13.7. The number of hydrogen-bond donors (Lipinski definition) is 0. The lowest BCUT2D eigenvalue weighted by molar-refractivity contribution is 0.612. The molecule has 1 aliphatic rings. The van der Waals surface area contributed by atoms with Gasteiger partial charge in [-0.05, 0) is 43.4 Å². The van der Waals surface area contributed by atoms with Crippen molar-refractivity contribution in [2.45, 2.75) is 32.1 Å². The van der Waals surface area contributed by atoms with Gasteiger partial charge in [0.1, 0.15) is 5.82 Å². The van der Waals surface area contributed by atoms with Crippen LogP contribution in [0.1, 0.15) is 29.5 Å². The quantitative estimate of drug-likeness (QED) is 0.713. The molecule has 0 N–H and O–H groups in total. The van der Waals surface area contributed by atoms with Gasteiger partial charge >= 0.3 is 0 Å². The molecule has 1 saturated carbocycles. The van der Waals surface area contributed by atoms with E-state index in [4.69, 9.17) is 16.9 Å². The molecule has 0 saturated heterocycles. The normalized spacial score (nSPS) is 17.3. The largest absolute Gasteiger partial charge is 0.205 e. The highest BCUT2D eigenvalue weighted by Gasteiger charge is 2.46. The Kier molecular flexibility index (Phi) is 2.24. The first-order chi connectivity index (χ1) is 7.02. The van der Waals surface area contributed by atoms with Crippen LogP contribution in [0, 0.1) is 31.0 Å². The maximum Gasteiger partial charge on any atom is 0.145 e. The number of nitrogens with zero attached hydrogens (tertiary/aromatic N) is 1. The van der Waals surface area contributed by atoms with Crippen molar-refractivity contribution >= 4 is 11.6 Å². The predicted molar refractivity (Wildman–Crippen MR) is 57.4 cm³/mol. The zero-order valence-electron chi connectivity index (χ0n) is 8.69. The Morgan fingerprint density at radius 3 is 2.53 bits per heavy atom. The highest BCUT2D eigenvalue weighted by atomic mass is 35.5. The third-order valence-electron chi connectivity index (χ3n) is 3.11. The van der Waals surface area contributed by atoms with Gasteiger partial charge in [-0.3, -0.25) is 0 Å². The standard InChI is InChI=1S/C12H11ClFN/c1-7-5-9(12(6-15)3-4-12)8(2)11(14)10(7)13/h5H,3-4H2,1-2H3. The van der Waals surface area contributed by atoms with Gasteiger partial charge < -0.3 is 0 Å². The van der Waals surface area contributed by atoms with Crippen molar-refractivity contribution in [3.05, 3.63) is 33.6 Å². The summed E-state index contributed by atoms with van der Waals surface area (Å²) >= 11 is 5.81. The van der Waals surface area contributed by atoms with Crippen LogP contribution in [0.25, 0.3) is 0 Å². The second-order valence-corrected chi connectivity index (χ2v) is 4.57. The Bertz CT molecular complexity index is 469. The molecule has 1 aromatic rings. The molecular weight excluding hydrogens is 213 g/mol. The minimum Gasteiger partial charge on any atom is -0.205 e. The molecule has 0 unspecified atom stereocenters. The molecule has 0 aliphatic heterocycles. The molecule has 1 aliphatic carbocycles. The molecule has 1 aromatic carbocycles. The molecule has 0 bridgehead atoms. The molecule has 0 heterocycles. The van der Waals surface area contributed by atoms with Crippen LogP contribution in [0.3, 0.4) is 0 Å². The molecule has 15 heavy (non-hydrogen) atoms. The van der Waals surface area contributed by atoms with Gasteiger partial charge in [0.2, 0.25) is 0 Å². The minimum absolute atomic E-state index is 0.171. The fourth-order valence-electron chi connectivity index (χ4n) is 1.91. The molecule has 0 aromatic heterocycles. The number of nitriles is 1. The van der Waals surface area contributed by atoms with E-state index in [1.54, 1.807) is 13.8 Å². The van der Waals surface area contributed by atoms with E-state index in [0.29, 0.717) is 11.1 Å². The topological polar surface area (TPSA) is 23.8 Å². The van der Waals surface area contributed by atoms with Gasteiger partial charge in [-0.2, -0.15) is 5.26 Å². The van der Waals surface area contributed by atoms with Crippen molar-refractivity contribution in [2.24, 2.45) is 0 Å². The van der Waals surface area contributed by atoms with Gasteiger partial charge in [-0.1, -0.05) is 17.7 Å². The van der Waals surface area contributed by atoms with Crippen LogP contribution in [0.2, 0.25) is 5.02 Å². The summed E-state index contributed by atoms with van der Waals surface area (Å²) in [5, 5.41) is 9.25. The Labute approximate surface area is 93.5 Å². The van der Waals surface area contributed by atoms with Gasteiger partial charge in [-0.25, -0.2) is 4.39 Å². The molecule has 1 fully saturated rings. The monoisotopic (exact) mass is 223 g/mol. The van der Waals surface area contributed by atoms with E-state index >= 15 is 0 Å².